The van der Waals surface area contributed by atoms with E-state index >= 15 is 0 Å². The van der Waals surface area contributed by atoms with E-state index in [4.69, 9.17) is 9.47 Å². The number of carbonyl (C=O) groups excluding carboxylic acids is 2. The molecule has 512 valence electrons. The van der Waals surface area contributed by atoms with E-state index in [-0.39, 0.29) is 25.2 Å². The molecule has 1 unspecified atom stereocenters. The summed E-state index contributed by atoms with van der Waals surface area (Å²) in [6.07, 6.45) is 129. The van der Waals surface area contributed by atoms with Crippen LogP contribution < -0.4 is 0 Å². The van der Waals surface area contributed by atoms with Gasteiger partial charge in [0.15, 0.2) is 6.10 Å². The van der Waals surface area contributed by atoms with Crippen molar-refractivity contribution >= 4 is 11.9 Å². The number of esters is 2. The predicted molar refractivity (Wildman–Crippen MR) is 407 cm³/mol. The fourth-order valence-electron chi connectivity index (χ4n) is 9.52. The van der Waals surface area contributed by atoms with E-state index in [1.807, 2.05) is 0 Å². The zero-order chi connectivity index (χ0) is 66.1. The van der Waals surface area contributed by atoms with Crippen molar-refractivity contribution < 1.29 is 24.2 Å². The van der Waals surface area contributed by atoms with Gasteiger partial charge in [0.25, 0.3) is 0 Å². The monoisotopic (exact) mass is 1260 g/mol. The summed E-state index contributed by atoms with van der Waals surface area (Å²) in [6, 6.07) is 0. The van der Waals surface area contributed by atoms with Gasteiger partial charge in [-0.05, 0) is 161 Å². The van der Waals surface area contributed by atoms with Crippen LogP contribution in [0.1, 0.15) is 284 Å². The molecule has 0 fully saturated rings. The van der Waals surface area contributed by atoms with E-state index in [2.05, 4.69) is 245 Å². The van der Waals surface area contributed by atoms with Gasteiger partial charge >= 0.3 is 11.9 Å². The molecule has 0 aromatic rings. The van der Waals surface area contributed by atoms with Crippen LogP contribution in [0.3, 0.4) is 0 Å². The first-order valence-corrected chi connectivity index (χ1v) is 36.9. The maximum absolute atomic E-state index is 12.4. The van der Waals surface area contributed by atoms with E-state index in [9.17, 15) is 14.7 Å². The van der Waals surface area contributed by atoms with Gasteiger partial charge in [0.05, 0.1) is 6.61 Å². The number of hydrogen-bond donors (Lipinski definition) is 1. The van der Waals surface area contributed by atoms with Crippen LogP contribution >= 0.6 is 0 Å². The Hall–Kier alpha value is -6.04. The Morgan fingerprint density at radius 2 is 0.435 bits per heavy atom. The lowest BCUT2D eigenvalue weighted by atomic mass is 10.0. The third-order valence-corrected chi connectivity index (χ3v) is 15.0. The molecule has 0 spiro atoms. The Balaban J connectivity index is 3.61. The molecule has 0 rings (SSSR count). The molecule has 0 saturated carbocycles. The van der Waals surface area contributed by atoms with Crippen molar-refractivity contribution in [2.24, 2.45) is 0 Å². The summed E-state index contributed by atoms with van der Waals surface area (Å²) < 4.78 is 10.8. The van der Waals surface area contributed by atoms with Crippen LogP contribution in [0.15, 0.2) is 231 Å². The molecule has 5 nitrogen and oxygen atoms in total. The highest BCUT2D eigenvalue weighted by atomic mass is 16.6. The zero-order valence-electron chi connectivity index (χ0n) is 58.7. The average Bonchev–Trinajstić information content (AvgIpc) is 3.75. The Labute approximate surface area is 566 Å². The van der Waals surface area contributed by atoms with Gasteiger partial charge in [-0.2, -0.15) is 0 Å². The third kappa shape index (κ3) is 76.4. The number of allylic oxidation sites excluding steroid dienone is 38. The first-order valence-electron chi connectivity index (χ1n) is 36.9. The fraction of sp³-hybridized carbons (Fsp3) is 0.540. The molecule has 0 aliphatic rings. The van der Waals surface area contributed by atoms with E-state index in [1.165, 1.54) is 89.9 Å². The highest BCUT2D eigenvalue weighted by molar-refractivity contribution is 5.70. The van der Waals surface area contributed by atoms with Crippen LogP contribution in [-0.2, 0) is 19.1 Å². The summed E-state index contributed by atoms with van der Waals surface area (Å²) in [5.74, 6) is -0.615. The summed E-state index contributed by atoms with van der Waals surface area (Å²) in [6.45, 7) is 3.90. The van der Waals surface area contributed by atoms with Gasteiger partial charge in [0.1, 0.15) is 6.61 Å². The molecule has 0 aromatic carbocycles. The Bertz CT molecular complexity index is 2220. The standard InChI is InChI=1S/C87H134O5/c1-3-5-7-9-11-13-15-17-19-21-23-25-27-29-31-33-35-37-39-41-43-45-47-49-51-53-55-57-59-61-63-65-67-69-71-73-75-77-79-81-86(89)91-84-85(83-88)92-87(90)82-80-78-76-74-72-70-68-66-64-62-60-58-56-54-52-50-48-46-44-42-40-38-36-34-32-30-28-26-24-22-20-18-16-14-12-10-8-6-4-2/h5-8,11-14,17-20,23-26,29-32,35-38,41-44,47-50,53-56,60,62,85,88H,3-4,9-10,15-16,21-22,27-28,33-34,39-40,45-46,51-52,57-59,61,63-84H2,1-2H3/b7-5-,8-6-,13-11-,14-12-,19-17-,20-18-,25-23-,26-24-,31-29-,32-30-,37-35-,38-36-,43-41-,44-42-,49-47-,50-48-,55-53-,56-54-,62-60-. The SMILES string of the molecule is CC/C=C\C/C=C\C/C=C\C/C=C\C/C=C\C/C=C\C/C=C\C/C=C\C/C=C\C/C=C\CCCCCCCCCCC(=O)OC(CO)COC(=O)CCCCCCCCCCCCC/C=C\C/C=C\C/C=C\C/C=C\C/C=C\C/C=C\C/C=C\C/C=C\C/C=C\CC. The minimum atomic E-state index is -0.797. The number of ether oxygens (including phenoxy) is 2. The van der Waals surface area contributed by atoms with Crippen molar-refractivity contribution in [3.8, 4) is 0 Å². The lowest BCUT2D eigenvalue weighted by molar-refractivity contribution is -0.161. The number of hydrogen-bond acceptors (Lipinski definition) is 5. The van der Waals surface area contributed by atoms with Crippen molar-refractivity contribution in [3.63, 3.8) is 0 Å². The van der Waals surface area contributed by atoms with Crippen LogP contribution in [0.4, 0.5) is 0 Å². The van der Waals surface area contributed by atoms with Crippen molar-refractivity contribution in [3.05, 3.63) is 231 Å². The first-order chi connectivity index (χ1) is 45.6. The second kappa shape index (κ2) is 79.2. The molecule has 0 radical (unpaired) electrons. The van der Waals surface area contributed by atoms with Crippen molar-refractivity contribution in [1.29, 1.82) is 0 Å². The van der Waals surface area contributed by atoms with Crippen LogP contribution in [0.25, 0.3) is 0 Å². The first kappa shape index (κ1) is 86.0. The van der Waals surface area contributed by atoms with Crippen LogP contribution in [0.5, 0.6) is 0 Å². The summed E-state index contributed by atoms with van der Waals surface area (Å²) >= 11 is 0. The number of aliphatic hydroxyl groups excluding tert-OH is 1. The molecule has 5 heteroatoms. The largest absolute Gasteiger partial charge is 0.462 e. The molecule has 0 aliphatic carbocycles. The lowest BCUT2D eigenvalue weighted by Gasteiger charge is -2.15. The molecule has 0 heterocycles. The topological polar surface area (TPSA) is 72.8 Å². The molecule has 0 bridgehead atoms. The lowest BCUT2D eigenvalue weighted by Crippen LogP contribution is -2.28. The summed E-state index contributed by atoms with van der Waals surface area (Å²) in [5.41, 5.74) is 0. The number of rotatable bonds is 65. The van der Waals surface area contributed by atoms with Crippen molar-refractivity contribution in [2.45, 2.75) is 290 Å². The minimum absolute atomic E-state index is 0.0842. The smallest absolute Gasteiger partial charge is 0.306 e. The van der Waals surface area contributed by atoms with Gasteiger partial charge in [-0.25, -0.2) is 0 Å². The maximum atomic E-state index is 12.4. The molecule has 0 saturated heterocycles. The molecule has 0 aliphatic heterocycles. The second-order valence-electron chi connectivity index (χ2n) is 23.6. The van der Waals surface area contributed by atoms with Crippen LogP contribution in [0.2, 0.25) is 0 Å². The van der Waals surface area contributed by atoms with E-state index in [1.54, 1.807) is 0 Å². The second-order valence-corrected chi connectivity index (χ2v) is 23.6. The minimum Gasteiger partial charge on any atom is -0.462 e. The molecule has 92 heavy (non-hydrogen) atoms. The molecule has 1 atom stereocenters. The highest BCUT2D eigenvalue weighted by Crippen LogP contribution is 2.15. The fourth-order valence-corrected chi connectivity index (χ4v) is 9.52. The summed E-state index contributed by atoms with van der Waals surface area (Å²) in [5, 5.41) is 9.72. The molecule has 0 amide bonds. The maximum Gasteiger partial charge on any atom is 0.306 e. The predicted octanol–water partition coefficient (Wildman–Crippen LogP) is 26.4. The molecule has 1 N–H and O–H groups in total. The van der Waals surface area contributed by atoms with Gasteiger partial charge < -0.3 is 14.6 Å². The molecular weight excluding hydrogens is 1120 g/mol. The highest BCUT2D eigenvalue weighted by Gasteiger charge is 2.16. The molecule has 0 aromatic heterocycles. The number of carbonyl (C=O) groups is 2. The quantitative estimate of drug-likeness (QED) is 0.0373. The summed E-state index contributed by atoms with van der Waals surface area (Å²) in [7, 11) is 0. The van der Waals surface area contributed by atoms with Crippen molar-refractivity contribution in [1.82, 2.24) is 0 Å². The number of unbranched alkanes of at least 4 members (excludes halogenated alkanes) is 19. The summed E-state index contributed by atoms with van der Waals surface area (Å²) in [4.78, 5) is 24.7. The Kier molecular flexibility index (Phi) is 74.0. The van der Waals surface area contributed by atoms with Gasteiger partial charge in [-0.15, -0.1) is 0 Å². The van der Waals surface area contributed by atoms with E-state index in [0.29, 0.717) is 12.8 Å². The number of aliphatic hydroxyl groups is 1. The van der Waals surface area contributed by atoms with Crippen molar-refractivity contribution in [2.75, 3.05) is 13.2 Å². The van der Waals surface area contributed by atoms with Gasteiger partial charge in [-0.3, -0.25) is 9.59 Å². The van der Waals surface area contributed by atoms with Gasteiger partial charge in [0, 0.05) is 12.8 Å². The molecular formula is C87H134O5. The third-order valence-electron chi connectivity index (χ3n) is 15.0. The Morgan fingerprint density at radius 3 is 0.652 bits per heavy atom. The normalized spacial score (nSPS) is 13.6. The van der Waals surface area contributed by atoms with Gasteiger partial charge in [-0.1, -0.05) is 341 Å². The van der Waals surface area contributed by atoms with E-state index < -0.39 is 6.10 Å². The van der Waals surface area contributed by atoms with E-state index in [0.717, 1.165) is 167 Å². The van der Waals surface area contributed by atoms with Gasteiger partial charge in [0.2, 0.25) is 0 Å². The van der Waals surface area contributed by atoms with Crippen LogP contribution in [-0.4, -0.2) is 36.4 Å². The van der Waals surface area contributed by atoms with Crippen LogP contribution in [0, 0.1) is 0 Å². The Morgan fingerprint density at radius 1 is 0.250 bits per heavy atom. The average molecular weight is 1260 g/mol. The zero-order valence-corrected chi connectivity index (χ0v) is 58.7.